The topological polar surface area (TPSA) is 38.3 Å². The summed E-state index contributed by atoms with van der Waals surface area (Å²) in [5.41, 5.74) is -0.462. The number of methoxy groups -OCH3 is 1. The van der Waals surface area contributed by atoms with Gasteiger partial charge in [0.05, 0.1) is 5.54 Å². The minimum absolute atomic E-state index is 0.0671. The lowest BCUT2D eigenvalue weighted by atomic mass is 10.0. The van der Waals surface area contributed by atoms with E-state index in [-0.39, 0.29) is 12.4 Å². The first-order chi connectivity index (χ1) is 4.54. The Hall–Kier alpha value is -0.410. The second-order valence-electron chi connectivity index (χ2n) is 2.73. The molecule has 0 radical (unpaired) electrons. The van der Waals surface area contributed by atoms with E-state index < -0.39 is 5.54 Å². The molecule has 0 unspecified atom stereocenters. The Bertz CT molecular complexity index is 121. The van der Waals surface area contributed by atoms with Crippen LogP contribution < -0.4 is 5.32 Å². The van der Waals surface area contributed by atoms with Crippen molar-refractivity contribution >= 4 is 5.78 Å². The molecular weight excluding hydrogens is 130 g/mol. The van der Waals surface area contributed by atoms with Crippen LogP contribution in [0.3, 0.4) is 0 Å². The van der Waals surface area contributed by atoms with Crippen LogP contribution in [0.4, 0.5) is 0 Å². The van der Waals surface area contributed by atoms with E-state index in [2.05, 4.69) is 5.32 Å². The predicted octanol–water partition coefficient (Wildman–Crippen LogP) is 0.200. The third-order valence-electron chi connectivity index (χ3n) is 1.60. The van der Waals surface area contributed by atoms with Crippen molar-refractivity contribution in [1.82, 2.24) is 5.32 Å². The third kappa shape index (κ3) is 2.45. The average Bonchev–Trinajstić information content (AvgIpc) is 1.89. The Kier molecular flexibility index (Phi) is 3.53. The molecule has 0 bridgehead atoms. The average molecular weight is 145 g/mol. The van der Waals surface area contributed by atoms with Gasteiger partial charge < -0.3 is 10.1 Å². The summed E-state index contributed by atoms with van der Waals surface area (Å²) in [5, 5.41) is 2.90. The number of Topliss-reactive ketones (excluding diaryl/α,β-unsaturated/α-hetero) is 1. The molecule has 0 aliphatic heterocycles. The molecule has 3 nitrogen and oxygen atoms in total. The standard InChI is InChI=1S/C7H15NO2/c1-7(2,8-3)6(9)5-10-4/h8H,5H2,1-4H3. The van der Waals surface area contributed by atoms with Crippen LogP contribution in [-0.2, 0) is 9.53 Å². The van der Waals surface area contributed by atoms with Gasteiger partial charge in [-0.15, -0.1) is 0 Å². The normalized spacial score (nSPS) is 11.6. The molecule has 0 aromatic carbocycles. The van der Waals surface area contributed by atoms with E-state index in [1.807, 2.05) is 13.8 Å². The Morgan fingerprint density at radius 1 is 1.60 bits per heavy atom. The summed E-state index contributed by atoms with van der Waals surface area (Å²) in [4.78, 5) is 11.1. The van der Waals surface area contributed by atoms with Crippen molar-refractivity contribution in [2.75, 3.05) is 20.8 Å². The molecular formula is C7H15NO2. The molecule has 0 rings (SSSR count). The minimum atomic E-state index is -0.462. The van der Waals surface area contributed by atoms with Gasteiger partial charge in [0.1, 0.15) is 6.61 Å². The number of carbonyl (C=O) groups is 1. The number of rotatable bonds is 4. The Balaban J connectivity index is 3.91. The summed E-state index contributed by atoms with van der Waals surface area (Å²) in [6.45, 7) is 3.83. The van der Waals surface area contributed by atoms with Crippen molar-refractivity contribution in [3.63, 3.8) is 0 Å². The second kappa shape index (κ2) is 3.68. The highest BCUT2D eigenvalue weighted by Crippen LogP contribution is 2.01. The van der Waals surface area contributed by atoms with E-state index in [4.69, 9.17) is 4.74 Å². The van der Waals surface area contributed by atoms with Gasteiger partial charge in [-0.05, 0) is 20.9 Å². The van der Waals surface area contributed by atoms with Gasteiger partial charge in [-0.3, -0.25) is 4.79 Å². The lowest BCUT2D eigenvalue weighted by Crippen LogP contribution is -2.46. The van der Waals surface area contributed by atoms with Crippen molar-refractivity contribution in [3.05, 3.63) is 0 Å². The number of likely N-dealkylation sites (N-methyl/N-ethyl adjacent to an activating group) is 1. The fourth-order valence-electron chi connectivity index (χ4n) is 0.451. The van der Waals surface area contributed by atoms with E-state index in [1.165, 1.54) is 7.11 Å². The quantitative estimate of drug-likeness (QED) is 0.614. The van der Waals surface area contributed by atoms with E-state index in [0.29, 0.717) is 0 Å². The summed E-state index contributed by atoms with van der Waals surface area (Å²) in [6.07, 6.45) is 0. The van der Waals surface area contributed by atoms with E-state index >= 15 is 0 Å². The monoisotopic (exact) mass is 145 g/mol. The van der Waals surface area contributed by atoms with Crippen LogP contribution in [0.1, 0.15) is 13.8 Å². The number of hydrogen-bond donors (Lipinski definition) is 1. The minimum Gasteiger partial charge on any atom is -0.377 e. The van der Waals surface area contributed by atoms with Crippen LogP contribution in [0.5, 0.6) is 0 Å². The van der Waals surface area contributed by atoms with Gasteiger partial charge in [0, 0.05) is 7.11 Å². The molecule has 0 aliphatic rings. The zero-order valence-corrected chi connectivity index (χ0v) is 7.02. The van der Waals surface area contributed by atoms with Crippen molar-refractivity contribution in [2.45, 2.75) is 19.4 Å². The van der Waals surface area contributed by atoms with Gasteiger partial charge in [0.2, 0.25) is 0 Å². The van der Waals surface area contributed by atoms with Crippen LogP contribution in [0.25, 0.3) is 0 Å². The van der Waals surface area contributed by atoms with Crippen molar-refractivity contribution in [1.29, 1.82) is 0 Å². The molecule has 1 N–H and O–H groups in total. The van der Waals surface area contributed by atoms with Crippen molar-refractivity contribution in [3.8, 4) is 0 Å². The Morgan fingerprint density at radius 3 is 2.40 bits per heavy atom. The number of hydrogen-bond acceptors (Lipinski definition) is 3. The fourth-order valence-corrected chi connectivity index (χ4v) is 0.451. The molecule has 0 aliphatic carbocycles. The van der Waals surface area contributed by atoms with Crippen LogP contribution in [0.2, 0.25) is 0 Å². The second-order valence-corrected chi connectivity index (χ2v) is 2.73. The highest BCUT2D eigenvalue weighted by molar-refractivity contribution is 5.88. The van der Waals surface area contributed by atoms with Gasteiger partial charge >= 0.3 is 0 Å². The van der Waals surface area contributed by atoms with Gasteiger partial charge in [0.15, 0.2) is 5.78 Å². The molecule has 0 fully saturated rings. The first-order valence-electron chi connectivity index (χ1n) is 3.25. The van der Waals surface area contributed by atoms with Crippen molar-refractivity contribution < 1.29 is 9.53 Å². The number of ketones is 1. The molecule has 10 heavy (non-hydrogen) atoms. The van der Waals surface area contributed by atoms with Crippen LogP contribution in [-0.4, -0.2) is 32.1 Å². The molecule has 0 atom stereocenters. The van der Waals surface area contributed by atoms with Crippen LogP contribution in [0, 0.1) is 0 Å². The molecule has 0 spiro atoms. The largest absolute Gasteiger partial charge is 0.377 e. The molecule has 0 aromatic rings. The molecule has 0 amide bonds. The maximum absolute atomic E-state index is 11.1. The maximum atomic E-state index is 11.1. The molecule has 60 valence electrons. The summed E-state index contributed by atoms with van der Waals surface area (Å²) < 4.78 is 4.70. The van der Waals surface area contributed by atoms with Gasteiger partial charge in [-0.1, -0.05) is 0 Å². The first-order valence-corrected chi connectivity index (χ1v) is 3.25. The summed E-state index contributed by atoms with van der Waals surface area (Å²) in [7, 11) is 3.28. The number of ether oxygens (including phenoxy) is 1. The Morgan fingerprint density at radius 2 is 2.10 bits per heavy atom. The summed E-state index contributed by atoms with van der Waals surface area (Å²) in [5.74, 6) is 0.0671. The van der Waals surface area contributed by atoms with Gasteiger partial charge in [0.25, 0.3) is 0 Å². The van der Waals surface area contributed by atoms with Gasteiger partial charge in [-0.25, -0.2) is 0 Å². The fraction of sp³-hybridized carbons (Fsp3) is 0.857. The lowest BCUT2D eigenvalue weighted by Gasteiger charge is -2.21. The number of nitrogens with one attached hydrogen (secondary N) is 1. The summed E-state index contributed by atoms with van der Waals surface area (Å²) in [6, 6.07) is 0. The van der Waals surface area contributed by atoms with Crippen LogP contribution in [0.15, 0.2) is 0 Å². The zero-order valence-electron chi connectivity index (χ0n) is 7.02. The third-order valence-corrected chi connectivity index (χ3v) is 1.60. The van der Waals surface area contributed by atoms with E-state index in [1.54, 1.807) is 7.05 Å². The highest BCUT2D eigenvalue weighted by Gasteiger charge is 2.23. The first kappa shape index (κ1) is 9.59. The Labute approximate surface area is 61.8 Å². The smallest absolute Gasteiger partial charge is 0.177 e. The molecule has 3 heteroatoms. The number of carbonyl (C=O) groups excluding carboxylic acids is 1. The van der Waals surface area contributed by atoms with E-state index in [9.17, 15) is 4.79 Å². The van der Waals surface area contributed by atoms with E-state index in [0.717, 1.165) is 0 Å². The van der Waals surface area contributed by atoms with Crippen LogP contribution >= 0.6 is 0 Å². The summed E-state index contributed by atoms with van der Waals surface area (Å²) >= 11 is 0. The van der Waals surface area contributed by atoms with Crippen molar-refractivity contribution in [2.24, 2.45) is 0 Å². The lowest BCUT2D eigenvalue weighted by molar-refractivity contribution is -0.127. The highest BCUT2D eigenvalue weighted by atomic mass is 16.5. The molecule has 0 heterocycles. The maximum Gasteiger partial charge on any atom is 0.177 e. The molecule has 0 saturated carbocycles. The zero-order chi connectivity index (χ0) is 8.20. The molecule has 0 aromatic heterocycles. The van der Waals surface area contributed by atoms with Gasteiger partial charge in [-0.2, -0.15) is 0 Å². The molecule has 0 saturated heterocycles. The predicted molar refractivity (Wildman–Crippen MR) is 40.0 cm³/mol. The SMILES string of the molecule is CNC(C)(C)C(=O)COC.